The summed E-state index contributed by atoms with van der Waals surface area (Å²) in [7, 11) is 0. The van der Waals surface area contributed by atoms with Crippen molar-refractivity contribution in [3.8, 4) is 11.4 Å². The maximum Gasteiger partial charge on any atom is 0.326 e. The molecule has 0 spiro atoms. The predicted octanol–water partition coefficient (Wildman–Crippen LogP) is 6.50. The quantitative estimate of drug-likeness (QED) is 0.371. The van der Waals surface area contributed by atoms with Gasteiger partial charge in [0.2, 0.25) is 5.82 Å². The van der Waals surface area contributed by atoms with Crippen LogP contribution in [0.3, 0.4) is 0 Å². The zero-order chi connectivity index (χ0) is 24.7. The lowest BCUT2D eigenvalue weighted by Gasteiger charge is -2.35. The normalized spacial score (nSPS) is 16.0. The van der Waals surface area contributed by atoms with Gasteiger partial charge in [-0.25, -0.2) is 9.18 Å². The molecule has 0 saturated heterocycles. The number of halogens is 1. The van der Waals surface area contributed by atoms with E-state index < -0.39 is 6.04 Å². The van der Waals surface area contributed by atoms with E-state index >= 15 is 0 Å². The van der Waals surface area contributed by atoms with Crippen molar-refractivity contribution in [2.75, 3.05) is 4.90 Å². The minimum absolute atomic E-state index is 0.238. The second-order valence-electron chi connectivity index (χ2n) is 8.83. The third-order valence-electron chi connectivity index (χ3n) is 6.37. The number of allylic oxidation sites excluding steroid dienone is 1. The maximum absolute atomic E-state index is 13.4. The molecule has 0 aliphatic carbocycles. The van der Waals surface area contributed by atoms with Crippen molar-refractivity contribution < 1.29 is 13.7 Å². The Balaban J connectivity index is 1.67. The summed E-state index contributed by atoms with van der Waals surface area (Å²) in [4.78, 5) is 19.6. The Morgan fingerprint density at radius 1 is 0.943 bits per heavy atom. The number of anilines is 1. The van der Waals surface area contributed by atoms with Crippen LogP contribution in [0.2, 0.25) is 0 Å². The van der Waals surface area contributed by atoms with Crippen molar-refractivity contribution in [1.29, 1.82) is 0 Å². The Labute approximate surface area is 203 Å². The van der Waals surface area contributed by atoms with Gasteiger partial charge in [-0.1, -0.05) is 35.5 Å². The van der Waals surface area contributed by atoms with Crippen LogP contribution in [0.1, 0.15) is 41.1 Å². The van der Waals surface area contributed by atoms with Crippen molar-refractivity contribution >= 4 is 17.3 Å². The highest BCUT2D eigenvalue weighted by Crippen LogP contribution is 2.39. The van der Waals surface area contributed by atoms with Crippen molar-refractivity contribution in [2.45, 2.75) is 33.7 Å². The van der Waals surface area contributed by atoms with Crippen LogP contribution >= 0.6 is 0 Å². The van der Waals surface area contributed by atoms with Gasteiger partial charge in [0.05, 0.1) is 17.3 Å². The number of benzene rings is 3. The second kappa shape index (κ2) is 8.83. The summed E-state index contributed by atoms with van der Waals surface area (Å²) in [5.74, 6) is 0.301. The molecular weight excluding hydrogens is 443 g/mol. The first-order valence-corrected chi connectivity index (χ1v) is 11.4. The number of rotatable bonds is 4. The minimum atomic E-state index is -0.482. The zero-order valence-corrected chi connectivity index (χ0v) is 20.0. The van der Waals surface area contributed by atoms with Crippen LogP contribution in [-0.4, -0.2) is 16.2 Å². The van der Waals surface area contributed by atoms with E-state index in [2.05, 4.69) is 21.5 Å². The molecule has 0 radical (unpaired) electrons. The first-order chi connectivity index (χ1) is 16.8. The molecule has 3 aromatic carbocycles. The third kappa shape index (κ3) is 4.21. The monoisotopic (exact) mass is 468 g/mol. The molecule has 1 N–H and O–H groups in total. The van der Waals surface area contributed by atoms with E-state index in [1.807, 2.05) is 64.1 Å². The number of nitrogens with one attached hydrogen (secondary N) is 1. The van der Waals surface area contributed by atoms with Gasteiger partial charge in [0, 0.05) is 11.3 Å². The van der Waals surface area contributed by atoms with Crippen LogP contribution in [0, 0.1) is 26.6 Å². The van der Waals surface area contributed by atoms with Crippen LogP contribution in [0.25, 0.3) is 17.0 Å². The second-order valence-corrected chi connectivity index (χ2v) is 8.83. The van der Waals surface area contributed by atoms with Gasteiger partial charge in [0.15, 0.2) is 0 Å². The molecular formula is C28H25FN4O2. The van der Waals surface area contributed by atoms with Crippen LogP contribution in [0.4, 0.5) is 14.9 Å². The van der Waals surface area contributed by atoms with E-state index in [4.69, 9.17) is 4.52 Å². The first-order valence-electron chi connectivity index (χ1n) is 11.4. The molecule has 2 amide bonds. The van der Waals surface area contributed by atoms with E-state index in [0.29, 0.717) is 28.5 Å². The van der Waals surface area contributed by atoms with E-state index in [-0.39, 0.29) is 11.8 Å². The SMILES string of the molecule is CC1=C(c2nc(-c3ccc(F)cc3)no2)C(c2ccc(C)c(C)c2)NC(=O)N1c1cccc(C)c1. The number of nitrogens with zero attached hydrogens (tertiary/aromatic N) is 3. The van der Waals surface area contributed by atoms with Crippen molar-refractivity contribution in [2.24, 2.45) is 0 Å². The number of hydrogen-bond donors (Lipinski definition) is 1. The molecule has 7 heteroatoms. The van der Waals surface area contributed by atoms with Crippen molar-refractivity contribution in [3.63, 3.8) is 0 Å². The number of aromatic nitrogens is 2. The number of carbonyl (C=O) groups excluding carboxylic acids is 1. The Bertz CT molecular complexity index is 1460. The van der Waals surface area contributed by atoms with E-state index in [1.165, 1.54) is 12.1 Å². The molecule has 176 valence electrons. The topological polar surface area (TPSA) is 71.3 Å². The highest BCUT2D eigenvalue weighted by molar-refractivity contribution is 6.01. The number of aryl methyl sites for hydroxylation is 3. The lowest BCUT2D eigenvalue weighted by molar-refractivity contribution is 0.244. The average Bonchev–Trinajstić information content (AvgIpc) is 3.31. The fraction of sp³-hybridized carbons (Fsp3) is 0.179. The fourth-order valence-electron chi connectivity index (χ4n) is 4.34. The minimum Gasteiger partial charge on any atom is -0.334 e. The molecule has 1 unspecified atom stereocenters. The Morgan fingerprint density at radius 3 is 2.43 bits per heavy atom. The molecule has 35 heavy (non-hydrogen) atoms. The zero-order valence-electron chi connectivity index (χ0n) is 20.0. The molecule has 0 saturated carbocycles. The van der Waals surface area contributed by atoms with E-state index in [0.717, 1.165) is 27.9 Å². The van der Waals surface area contributed by atoms with Crippen LogP contribution in [0.5, 0.6) is 0 Å². The molecule has 1 aromatic heterocycles. The fourth-order valence-corrected chi connectivity index (χ4v) is 4.34. The summed E-state index contributed by atoms with van der Waals surface area (Å²) in [6.45, 7) is 7.95. The first kappa shape index (κ1) is 22.5. The Kier molecular flexibility index (Phi) is 5.68. The molecule has 0 bridgehead atoms. The molecule has 2 heterocycles. The van der Waals surface area contributed by atoms with Crippen LogP contribution in [-0.2, 0) is 0 Å². The maximum atomic E-state index is 13.4. The van der Waals surface area contributed by atoms with Gasteiger partial charge in [-0.15, -0.1) is 0 Å². The van der Waals surface area contributed by atoms with Crippen LogP contribution in [0.15, 0.2) is 77.0 Å². The summed E-state index contributed by atoms with van der Waals surface area (Å²) in [5.41, 5.74) is 7.01. The number of amides is 2. The standard InChI is InChI=1S/C28H25FN4O2/c1-16-6-5-7-23(14-16)33-19(4)24(25(30-28(33)34)21-9-8-17(2)18(3)15-21)27-31-26(32-35-27)20-10-12-22(29)13-11-20/h5-15,25H,1-4H3,(H,30,34). The van der Waals surface area contributed by atoms with Gasteiger partial charge in [-0.3, -0.25) is 4.90 Å². The van der Waals surface area contributed by atoms with E-state index in [1.54, 1.807) is 17.0 Å². The van der Waals surface area contributed by atoms with Gasteiger partial charge < -0.3 is 9.84 Å². The molecule has 5 rings (SSSR count). The number of carbonyl (C=O) groups is 1. The largest absolute Gasteiger partial charge is 0.334 e. The lowest BCUT2D eigenvalue weighted by atomic mass is 9.92. The van der Waals surface area contributed by atoms with Crippen LogP contribution < -0.4 is 10.2 Å². The van der Waals surface area contributed by atoms with Gasteiger partial charge in [0.25, 0.3) is 5.89 Å². The Hall–Kier alpha value is -4.26. The van der Waals surface area contributed by atoms with Gasteiger partial charge in [-0.2, -0.15) is 4.98 Å². The lowest BCUT2D eigenvalue weighted by Crippen LogP contribution is -2.46. The molecule has 1 atom stereocenters. The van der Waals surface area contributed by atoms with E-state index in [9.17, 15) is 9.18 Å². The molecule has 0 fully saturated rings. The van der Waals surface area contributed by atoms with Crippen molar-refractivity contribution in [1.82, 2.24) is 15.5 Å². The number of urea groups is 1. The summed E-state index contributed by atoms with van der Waals surface area (Å²) in [6.07, 6.45) is 0. The number of hydrogen-bond acceptors (Lipinski definition) is 4. The van der Waals surface area contributed by atoms with Crippen molar-refractivity contribution in [3.05, 3.63) is 106 Å². The van der Waals surface area contributed by atoms with Gasteiger partial charge in [-0.05, 0) is 86.3 Å². The Morgan fingerprint density at radius 2 is 1.71 bits per heavy atom. The smallest absolute Gasteiger partial charge is 0.326 e. The summed E-state index contributed by atoms with van der Waals surface area (Å²) < 4.78 is 19.1. The molecule has 1 aliphatic rings. The highest BCUT2D eigenvalue weighted by atomic mass is 19.1. The average molecular weight is 469 g/mol. The van der Waals surface area contributed by atoms with Gasteiger partial charge >= 0.3 is 6.03 Å². The predicted molar refractivity (Wildman–Crippen MR) is 133 cm³/mol. The summed E-state index contributed by atoms with van der Waals surface area (Å²) >= 11 is 0. The highest BCUT2D eigenvalue weighted by Gasteiger charge is 2.36. The summed E-state index contributed by atoms with van der Waals surface area (Å²) in [6, 6.07) is 19.0. The molecule has 4 aromatic rings. The summed E-state index contributed by atoms with van der Waals surface area (Å²) in [5, 5.41) is 7.28. The molecule has 1 aliphatic heterocycles. The third-order valence-corrected chi connectivity index (χ3v) is 6.37. The van der Waals surface area contributed by atoms with Gasteiger partial charge in [0.1, 0.15) is 5.82 Å². The molecule has 6 nitrogen and oxygen atoms in total.